The van der Waals surface area contributed by atoms with Crippen molar-refractivity contribution in [3.05, 3.63) is 181 Å². The van der Waals surface area contributed by atoms with Gasteiger partial charge < -0.3 is 80.3 Å². The molecule has 102 heavy (non-hydrogen) atoms. The normalized spacial score (nSPS) is 8.61. The van der Waals surface area contributed by atoms with Crippen LogP contribution in [0.4, 0.5) is 0 Å². The third-order valence-electron chi connectivity index (χ3n) is 6.75. The molecule has 0 bridgehead atoms. The van der Waals surface area contributed by atoms with E-state index in [0.29, 0.717) is 52.9 Å². The molecule has 570 valence electrons. The first-order valence-electron chi connectivity index (χ1n) is 27.2. The van der Waals surface area contributed by atoms with Gasteiger partial charge in [-0.1, -0.05) is 48.6 Å². The number of ether oxygens (including phenoxy) is 12. The summed E-state index contributed by atoms with van der Waals surface area (Å²) in [5.41, 5.74) is 0. The number of allylic oxidation sites excluding steroid dienone is 8. The molecular weight excluding hydrogens is 1800 g/mol. The molecule has 0 spiro atoms. The maximum atomic E-state index is 10.1. The summed E-state index contributed by atoms with van der Waals surface area (Å²) < 4.78 is 52.1. The first-order valence-corrected chi connectivity index (χ1v) is 27.2. The van der Waals surface area contributed by atoms with Crippen LogP contribution in [-0.4, -0.2) is 162 Å². The average Bonchev–Trinajstić information content (AvgIpc) is 3.33. The zero-order valence-electron chi connectivity index (χ0n) is 61.1. The molecule has 0 saturated carbocycles. The van der Waals surface area contributed by atoms with Crippen LogP contribution in [0.2, 0.25) is 0 Å². The Morgan fingerprint density at radius 2 is 0.441 bits per heavy atom. The zero-order valence-corrected chi connectivity index (χ0v) is 78.1. The summed E-state index contributed by atoms with van der Waals surface area (Å²) >= 11 is 0. The monoisotopic (exact) mass is 1900 g/mol. The van der Waals surface area contributed by atoms with Crippen molar-refractivity contribution in [3.8, 4) is 0 Å². The largest absolute Gasteiger partial charge is 0.640 e. The van der Waals surface area contributed by atoms with Crippen molar-refractivity contribution in [2.45, 2.75) is 94.9 Å². The van der Waals surface area contributed by atoms with E-state index in [2.05, 4.69) is 140 Å². The van der Waals surface area contributed by atoms with Gasteiger partial charge >= 0.3 is 35.8 Å². The molecule has 0 fully saturated rings. The number of Topliss-reactive ketones (excluding diaryl/α,β-unsaturated/α-hetero) is 4. The number of ketones is 4. The van der Waals surface area contributed by atoms with E-state index in [4.69, 9.17) is 0 Å². The summed E-state index contributed by atoms with van der Waals surface area (Å²) in [5, 5.41) is 0. The number of rotatable bonds is 24. The van der Waals surface area contributed by atoms with E-state index < -0.39 is 59.3 Å². The number of carbonyl (C=O) groups is 16. The molecule has 0 aliphatic heterocycles. The van der Waals surface area contributed by atoms with Gasteiger partial charge in [0.1, 0.15) is 50.8 Å². The second-order valence-electron chi connectivity index (χ2n) is 15.5. The van der Waals surface area contributed by atoms with Crippen LogP contribution in [0.3, 0.4) is 0 Å². The Bertz CT molecular complexity index is 1940. The Labute approximate surface area is 757 Å². The van der Waals surface area contributed by atoms with Gasteiger partial charge in [0.15, 0.2) is 23.9 Å². The minimum Gasteiger partial charge on any atom is -0.640 e. The van der Waals surface area contributed by atoms with Crippen molar-refractivity contribution in [1.82, 2.24) is 0 Å². The molecule has 0 aliphatic carbocycles. The fraction of sp³-hybridized carbons (Fsp3) is 0.353. The van der Waals surface area contributed by atoms with Crippen LogP contribution in [0.15, 0.2) is 97.2 Å². The second kappa shape index (κ2) is 126. The molecule has 28 nitrogen and oxygen atoms in total. The molecule has 0 aromatic heterocycles. The fourth-order valence-corrected chi connectivity index (χ4v) is 2.86. The van der Waals surface area contributed by atoms with E-state index in [1.54, 1.807) is 72.9 Å². The van der Waals surface area contributed by atoms with Crippen LogP contribution in [0.5, 0.6) is 0 Å². The minimum atomic E-state index is -0.586. The van der Waals surface area contributed by atoms with Gasteiger partial charge in [-0.25, -0.2) is 52.0 Å². The number of hydrogen-bond donors (Lipinski definition) is 0. The maximum Gasteiger partial charge on any atom is 0.310 e. The Balaban J connectivity index is -0.0000000469. The maximum absolute atomic E-state index is 10.1. The predicted octanol–water partition coefficient (Wildman–Crippen LogP) is 8.01. The van der Waals surface area contributed by atoms with E-state index in [0.717, 1.165) is 0 Å². The van der Waals surface area contributed by atoms with Gasteiger partial charge in [-0.15, -0.1) is 0 Å². The van der Waals surface area contributed by atoms with E-state index in [-0.39, 0.29) is 257 Å². The molecule has 6 radical (unpaired) electrons. The quantitative estimate of drug-likeness (QED) is 0.0290. The molecule has 0 rings (SSSR count). The van der Waals surface area contributed by atoms with Crippen molar-refractivity contribution in [3.63, 3.8) is 0 Å². The Kier molecular flexibility index (Phi) is 178. The molecule has 0 N–H and O–H groups in total. The Hall–Kier alpha value is -4.44. The fourth-order valence-electron chi connectivity index (χ4n) is 2.86. The summed E-state index contributed by atoms with van der Waals surface area (Å²) in [6.45, 7) is 49.9. The van der Waals surface area contributed by atoms with Crippen LogP contribution in [0, 0.1) is 83.5 Å². The van der Waals surface area contributed by atoms with Crippen molar-refractivity contribution < 1.29 is 330 Å². The molecule has 0 unspecified atom stereocenters. The van der Waals surface area contributed by atoms with E-state index in [1.807, 2.05) is 52.0 Å². The summed E-state index contributed by atoms with van der Waals surface area (Å²) in [7, 11) is 8.13. The molecule has 34 heteroatoms. The second-order valence-corrected chi connectivity index (χ2v) is 15.5. The SMILES string of the molecule is [CH2-]/C=C/COC(C)=O.[CH2-]/C=C/COC(C)=O.[CH2-]/C=C\COC(C)=O.[CH2-]/C=C\COC(C)=O.[CH2-]C(=O)CC(=O)OC.[CH2-]C(=O)CC(=O)OC.[CH2-]C(=O)OC/C=C/C.[CH2-]C(=O)OC/C=C/C.[CH2-]C(=O)OC/C=C\C.[CH2-]C(=O)OC/C=C\C.[CH2-]OC(=O)CC(C)=O.[CH2-]OC(=O)CC(C)=O.[Y].[Y].[Y].[Y].[Y].[Y]. The van der Waals surface area contributed by atoms with Crippen LogP contribution >= 0.6 is 0 Å². The van der Waals surface area contributed by atoms with E-state index in [1.165, 1.54) is 55.8 Å². The topological polar surface area (TPSA) is 384 Å². The summed E-state index contributed by atoms with van der Waals surface area (Å²) in [6.07, 6.45) is 26.4. The molecule has 0 amide bonds. The first-order chi connectivity index (χ1) is 44.8. The summed E-state index contributed by atoms with van der Waals surface area (Å²) in [5.74, 6) is -6.48. The molecule has 0 saturated heterocycles. The first kappa shape index (κ1) is 144. The van der Waals surface area contributed by atoms with Crippen molar-refractivity contribution in [2.24, 2.45) is 0 Å². The standard InChI is InChI=1S/8C6H9O2.4C5H7O3.6Y/c8*1-3-4-5-8-6(2)7;4*1-4(6)3-5(7)8-2;;;;;;/h4*3-4H,2,5H2,1H3;4*3-4H,1,5H2,2H3;2*2-3H2,1H3;2*1,3H2,2H3;;;;;;/q12*-1;;;;;;/b2*4-3+;2*4-3-;2*4-3+;2*4-3-;;;;;;;;;;. The molecule has 0 atom stereocenters. The van der Waals surface area contributed by atoms with Crippen LogP contribution in [0.1, 0.15) is 94.9 Å². The average molecular weight is 1900 g/mol. The predicted molar refractivity (Wildman–Crippen MR) is 357 cm³/mol. The number of esters is 12. The van der Waals surface area contributed by atoms with Gasteiger partial charge in [-0.2, -0.15) is 38.5 Å². The minimum absolute atomic E-state index is 0. The van der Waals surface area contributed by atoms with Gasteiger partial charge in [0, 0.05) is 262 Å². The van der Waals surface area contributed by atoms with Gasteiger partial charge in [-0.05, 0) is 41.5 Å². The Morgan fingerprint density at radius 1 is 0.275 bits per heavy atom. The van der Waals surface area contributed by atoms with Crippen LogP contribution < -0.4 is 0 Å². The number of hydrogen-bond acceptors (Lipinski definition) is 28. The smallest absolute Gasteiger partial charge is 0.310 e. The van der Waals surface area contributed by atoms with E-state index in [9.17, 15) is 76.7 Å². The van der Waals surface area contributed by atoms with Gasteiger partial charge in [-0.3, -0.25) is 94.8 Å². The van der Waals surface area contributed by atoms with Gasteiger partial charge in [0.05, 0.1) is 27.1 Å². The van der Waals surface area contributed by atoms with E-state index >= 15 is 0 Å². The molecule has 0 heterocycles. The number of methoxy groups -OCH3 is 2. The van der Waals surface area contributed by atoms with Crippen LogP contribution in [-0.2, 0) is 330 Å². The molecule has 0 aromatic carbocycles. The third kappa shape index (κ3) is 241. The van der Waals surface area contributed by atoms with Crippen molar-refractivity contribution in [1.29, 1.82) is 0 Å². The number of carbonyl (C=O) groups excluding carboxylic acids is 16. The summed E-state index contributed by atoms with van der Waals surface area (Å²) in [6, 6.07) is 0. The van der Waals surface area contributed by atoms with Crippen LogP contribution in [0.25, 0.3) is 0 Å². The van der Waals surface area contributed by atoms with Gasteiger partial charge in [0.25, 0.3) is 11.9 Å². The summed E-state index contributed by atoms with van der Waals surface area (Å²) in [4.78, 5) is 161. The zero-order chi connectivity index (χ0) is 77.5. The third-order valence-corrected chi connectivity index (χ3v) is 6.75. The molecule has 0 aliphatic rings. The van der Waals surface area contributed by atoms with Gasteiger partial charge in [0.2, 0.25) is 0 Å². The van der Waals surface area contributed by atoms with Crippen molar-refractivity contribution in [2.75, 3.05) is 67.1 Å². The van der Waals surface area contributed by atoms with Crippen molar-refractivity contribution >= 4 is 94.8 Å². The molecular formula is C68H100O28Y6-12. The molecule has 0 aromatic rings. The Morgan fingerprint density at radius 3 is 0.520 bits per heavy atom.